The van der Waals surface area contributed by atoms with E-state index in [1.54, 1.807) is 24.3 Å². The number of nitrogens with zero attached hydrogens (tertiary/aromatic N) is 1. The summed E-state index contributed by atoms with van der Waals surface area (Å²) in [4.78, 5) is 16.8. The Morgan fingerprint density at radius 1 is 1.29 bits per heavy atom. The Labute approximate surface area is 182 Å². The first-order chi connectivity index (χ1) is 13.5. The number of thiazole rings is 1. The Balaban J connectivity index is 1.64. The van der Waals surface area contributed by atoms with Crippen LogP contribution in [-0.4, -0.2) is 22.6 Å². The summed E-state index contributed by atoms with van der Waals surface area (Å²) in [5.74, 6) is 0.318. The maximum absolute atomic E-state index is 12.4. The topological polar surface area (TPSA) is 63.2 Å². The molecule has 146 valence electrons. The molecule has 5 nitrogen and oxygen atoms in total. The second-order valence-electron chi connectivity index (χ2n) is 5.87. The minimum atomic E-state index is -0.333. The quantitative estimate of drug-likeness (QED) is 0.358. The molecule has 0 aliphatic heterocycles. The van der Waals surface area contributed by atoms with Gasteiger partial charge in [-0.05, 0) is 49.0 Å². The molecule has 0 radical (unpaired) electrons. The predicted octanol–water partition coefficient (Wildman–Crippen LogP) is 5.91. The van der Waals surface area contributed by atoms with Crippen molar-refractivity contribution in [3.05, 3.63) is 52.0 Å². The number of nitrogens with one attached hydrogen (secondary N) is 2. The highest BCUT2D eigenvalue weighted by Gasteiger charge is 2.13. The van der Waals surface area contributed by atoms with Crippen molar-refractivity contribution >= 4 is 73.1 Å². The van der Waals surface area contributed by atoms with Crippen LogP contribution < -0.4 is 15.4 Å². The first kappa shape index (κ1) is 20.8. The van der Waals surface area contributed by atoms with Crippen molar-refractivity contribution < 1.29 is 9.53 Å². The molecule has 1 heterocycles. The van der Waals surface area contributed by atoms with Gasteiger partial charge in [0.25, 0.3) is 5.91 Å². The normalized spacial score (nSPS) is 10.7. The minimum Gasteiger partial charge on any atom is -0.494 e. The summed E-state index contributed by atoms with van der Waals surface area (Å²) >= 11 is 18.8. The van der Waals surface area contributed by atoms with Crippen LogP contribution in [0, 0.1) is 0 Å². The number of amides is 1. The molecule has 0 aliphatic carbocycles. The molecule has 0 fully saturated rings. The molecule has 2 aromatic carbocycles. The predicted molar refractivity (Wildman–Crippen MR) is 120 cm³/mol. The van der Waals surface area contributed by atoms with Crippen LogP contribution in [0.2, 0.25) is 10.0 Å². The van der Waals surface area contributed by atoms with E-state index in [-0.39, 0.29) is 11.0 Å². The fourth-order valence-corrected chi connectivity index (χ4v) is 3.90. The Morgan fingerprint density at radius 2 is 2.11 bits per heavy atom. The van der Waals surface area contributed by atoms with E-state index < -0.39 is 0 Å². The highest BCUT2D eigenvalue weighted by atomic mass is 35.5. The van der Waals surface area contributed by atoms with Crippen molar-refractivity contribution in [1.29, 1.82) is 0 Å². The van der Waals surface area contributed by atoms with Crippen LogP contribution in [0.5, 0.6) is 5.75 Å². The summed E-state index contributed by atoms with van der Waals surface area (Å²) < 4.78 is 6.50. The standard InChI is InChI=1S/C19H17Cl2N3O2S2/c1-2-3-9-26-12-6-4-5-11(10-12)17(25)23-18(27)24-19-22-16-14(28-19)8-7-13(20)15(16)21/h4-8,10H,2-3,9H2,1H3,(H2,22,23,24,25,27). The highest BCUT2D eigenvalue weighted by molar-refractivity contribution is 7.80. The van der Waals surface area contributed by atoms with Crippen molar-refractivity contribution in [2.75, 3.05) is 11.9 Å². The van der Waals surface area contributed by atoms with Crippen molar-refractivity contribution in [3.8, 4) is 5.75 Å². The number of anilines is 1. The second-order valence-corrected chi connectivity index (χ2v) is 8.09. The maximum Gasteiger partial charge on any atom is 0.257 e. The fourth-order valence-electron chi connectivity index (χ4n) is 2.36. The molecule has 0 saturated carbocycles. The van der Waals surface area contributed by atoms with Gasteiger partial charge in [0.15, 0.2) is 10.2 Å². The van der Waals surface area contributed by atoms with Gasteiger partial charge < -0.3 is 10.1 Å². The van der Waals surface area contributed by atoms with E-state index in [2.05, 4.69) is 22.5 Å². The number of halogens is 2. The first-order valence-electron chi connectivity index (χ1n) is 8.57. The summed E-state index contributed by atoms with van der Waals surface area (Å²) in [5, 5.41) is 7.03. The SMILES string of the molecule is CCCCOc1cccc(C(=O)NC(=S)Nc2nc3c(Cl)c(Cl)ccc3s2)c1. The molecular weight excluding hydrogens is 437 g/mol. The molecule has 3 aromatic rings. The number of carbonyl (C=O) groups excluding carboxylic acids is 1. The first-order valence-corrected chi connectivity index (χ1v) is 10.6. The number of hydrogen-bond donors (Lipinski definition) is 2. The zero-order valence-electron chi connectivity index (χ0n) is 14.9. The number of fused-ring (bicyclic) bond motifs is 1. The summed E-state index contributed by atoms with van der Waals surface area (Å²) in [6.45, 7) is 2.71. The number of benzene rings is 2. The van der Waals surface area contributed by atoms with Crippen molar-refractivity contribution in [3.63, 3.8) is 0 Å². The lowest BCUT2D eigenvalue weighted by Crippen LogP contribution is -2.34. The second kappa shape index (κ2) is 9.52. The zero-order valence-corrected chi connectivity index (χ0v) is 18.1. The molecule has 0 saturated heterocycles. The van der Waals surface area contributed by atoms with Crippen LogP contribution in [0.3, 0.4) is 0 Å². The monoisotopic (exact) mass is 453 g/mol. The average Bonchev–Trinajstić information content (AvgIpc) is 3.08. The maximum atomic E-state index is 12.4. The van der Waals surface area contributed by atoms with E-state index in [4.69, 9.17) is 40.2 Å². The molecule has 28 heavy (non-hydrogen) atoms. The summed E-state index contributed by atoms with van der Waals surface area (Å²) in [5.41, 5.74) is 1.05. The molecule has 3 rings (SSSR count). The summed E-state index contributed by atoms with van der Waals surface area (Å²) in [6.07, 6.45) is 2.01. The van der Waals surface area contributed by atoms with Crippen molar-refractivity contribution in [2.24, 2.45) is 0 Å². The lowest BCUT2D eigenvalue weighted by atomic mass is 10.2. The van der Waals surface area contributed by atoms with Crippen LogP contribution >= 0.6 is 46.8 Å². The Bertz CT molecular complexity index is 1020. The molecule has 1 aromatic heterocycles. The zero-order chi connectivity index (χ0) is 20.1. The Kier molecular flexibility index (Phi) is 7.07. The van der Waals surface area contributed by atoms with Gasteiger partial charge in [-0.1, -0.05) is 53.9 Å². The Hall–Kier alpha value is -1.93. The van der Waals surface area contributed by atoms with E-state index in [1.807, 2.05) is 12.1 Å². The molecular formula is C19H17Cl2N3O2S2. The van der Waals surface area contributed by atoms with Crippen LogP contribution in [0.4, 0.5) is 5.13 Å². The van der Waals surface area contributed by atoms with Gasteiger partial charge in [0.05, 0.1) is 21.4 Å². The van der Waals surface area contributed by atoms with Crippen LogP contribution in [0.1, 0.15) is 30.1 Å². The lowest BCUT2D eigenvalue weighted by Gasteiger charge is -2.09. The Morgan fingerprint density at radius 3 is 2.89 bits per heavy atom. The van der Waals surface area contributed by atoms with Gasteiger partial charge in [-0.2, -0.15) is 0 Å². The molecule has 2 N–H and O–H groups in total. The van der Waals surface area contributed by atoms with Crippen LogP contribution in [-0.2, 0) is 0 Å². The van der Waals surface area contributed by atoms with Gasteiger partial charge in [-0.3, -0.25) is 10.1 Å². The number of hydrogen-bond acceptors (Lipinski definition) is 5. The van der Waals surface area contributed by atoms with Gasteiger partial charge in [0.2, 0.25) is 0 Å². The summed E-state index contributed by atoms with van der Waals surface area (Å²) in [7, 11) is 0. The smallest absolute Gasteiger partial charge is 0.257 e. The number of rotatable bonds is 6. The van der Waals surface area contributed by atoms with E-state index in [1.165, 1.54) is 11.3 Å². The molecule has 1 amide bonds. The third kappa shape index (κ3) is 5.11. The van der Waals surface area contributed by atoms with Gasteiger partial charge in [0.1, 0.15) is 11.3 Å². The van der Waals surface area contributed by atoms with E-state index in [0.717, 1.165) is 17.5 Å². The fraction of sp³-hybridized carbons (Fsp3) is 0.211. The van der Waals surface area contributed by atoms with Gasteiger partial charge >= 0.3 is 0 Å². The lowest BCUT2D eigenvalue weighted by molar-refractivity contribution is 0.0977. The number of unbranched alkanes of at least 4 members (excludes halogenated alkanes) is 1. The van der Waals surface area contributed by atoms with E-state index in [0.29, 0.717) is 38.6 Å². The molecule has 0 bridgehead atoms. The number of aromatic nitrogens is 1. The third-order valence-corrected chi connectivity index (χ3v) is 5.70. The molecule has 0 atom stereocenters. The molecule has 0 spiro atoms. The number of ether oxygens (including phenoxy) is 1. The molecule has 0 unspecified atom stereocenters. The molecule has 0 aliphatic rings. The van der Waals surface area contributed by atoms with Crippen molar-refractivity contribution in [1.82, 2.24) is 10.3 Å². The van der Waals surface area contributed by atoms with Crippen LogP contribution in [0.25, 0.3) is 10.2 Å². The van der Waals surface area contributed by atoms with Crippen molar-refractivity contribution in [2.45, 2.75) is 19.8 Å². The van der Waals surface area contributed by atoms with E-state index in [9.17, 15) is 4.79 Å². The van der Waals surface area contributed by atoms with Gasteiger partial charge in [0, 0.05) is 5.56 Å². The van der Waals surface area contributed by atoms with E-state index >= 15 is 0 Å². The minimum absolute atomic E-state index is 0.142. The number of carbonyl (C=O) groups is 1. The average molecular weight is 454 g/mol. The highest BCUT2D eigenvalue weighted by Crippen LogP contribution is 2.35. The largest absolute Gasteiger partial charge is 0.494 e. The number of thiocarbonyl (C=S) groups is 1. The van der Waals surface area contributed by atoms with Crippen LogP contribution in [0.15, 0.2) is 36.4 Å². The summed E-state index contributed by atoms with van der Waals surface area (Å²) in [6, 6.07) is 10.5. The van der Waals surface area contributed by atoms with Gasteiger partial charge in [-0.15, -0.1) is 0 Å². The third-order valence-electron chi connectivity index (χ3n) is 3.76. The molecule has 9 heteroatoms. The van der Waals surface area contributed by atoms with Gasteiger partial charge in [-0.25, -0.2) is 4.98 Å².